The molecule has 0 saturated heterocycles. The van der Waals surface area contributed by atoms with Gasteiger partial charge in [0.2, 0.25) is 5.91 Å². The van der Waals surface area contributed by atoms with Crippen LogP contribution in [-0.2, 0) is 4.79 Å². The van der Waals surface area contributed by atoms with E-state index in [0.717, 1.165) is 5.92 Å². The van der Waals surface area contributed by atoms with Gasteiger partial charge in [-0.25, -0.2) is 0 Å². The van der Waals surface area contributed by atoms with Crippen LogP contribution in [0, 0.1) is 5.92 Å². The second-order valence-corrected chi connectivity index (χ2v) is 6.56. The number of nitrogens with two attached hydrogens (primary N) is 1. The van der Waals surface area contributed by atoms with Gasteiger partial charge in [-0.3, -0.25) is 9.69 Å². The van der Waals surface area contributed by atoms with Crippen molar-refractivity contribution in [2.24, 2.45) is 11.7 Å². The molecule has 0 radical (unpaired) electrons. The molecule has 0 spiro atoms. The minimum Gasteiger partial charge on any atom is -0.354 e. The lowest BCUT2D eigenvalue weighted by atomic mass is 9.83. The second kappa shape index (κ2) is 8.63. The van der Waals surface area contributed by atoms with Crippen molar-refractivity contribution in [2.45, 2.75) is 77.4 Å². The fourth-order valence-corrected chi connectivity index (χ4v) is 3.25. The quantitative estimate of drug-likeness (QED) is 0.752. The maximum absolute atomic E-state index is 11.9. The SMILES string of the molecule is CCC1CCC(N(C)C(CN)CC(=O)NC(C)C)CC1. The van der Waals surface area contributed by atoms with Crippen molar-refractivity contribution < 1.29 is 4.79 Å². The topological polar surface area (TPSA) is 58.4 Å². The van der Waals surface area contributed by atoms with Crippen molar-refractivity contribution in [1.82, 2.24) is 10.2 Å². The van der Waals surface area contributed by atoms with Gasteiger partial charge in [-0.2, -0.15) is 0 Å². The van der Waals surface area contributed by atoms with E-state index in [4.69, 9.17) is 5.73 Å². The highest BCUT2D eigenvalue weighted by atomic mass is 16.1. The van der Waals surface area contributed by atoms with Crippen LogP contribution < -0.4 is 11.1 Å². The van der Waals surface area contributed by atoms with E-state index >= 15 is 0 Å². The van der Waals surface area contributed by atoms with Crippen LogP contribution in [0.5, 0.6) is 0 Å². The molecule has 0 aromatic heterocycles. The van der Waals surface area contributed by atoms with E-state index < -0.39 is 0 Å². The van der Waals surface area contributed by atoms with Crippen LogP contribution in [0.4, 0.5) is 0 Å². The Morgan fingerprint density at radius 2 is 1.90 bits per heavy atom. The third-order valence-electron chi connectivity index (χ3n) is 4.69. The van der Waals surface area contributed by atoms with Gasteiger partial charge in [0, 0.05) is 31.1 Å². The van der Waals surface area contributed by atoms with Gasteiger partial charge in [0.1, 0.15) is 0 Å². The summed E-state index contributed by atoms with van der Waals surface area (Å²) in [6, 6.07) is 0.960. The maximum Gasteiger partial charge on any atom is 0.221 e. The highest BCUT2D eigenvalue weighted by molar-refractivity contribution is 5.76. The summed E-state index contributed by atoms with van der Waals surface area (Å²) >= 11 is 0. The van der Waals surface area contributed by atoms with Gasteiger partial charge in [-0.1, -0.05) is 13.3 Å². The lowest BCUT2D eigenvalue weighted by molar-refractivity contribution is -0.122. The largest absolute Gasteiger partial charge is 0.354 e. The molecule has 1 aliphatic carbocycles. The molecule has 4 nitrogen and oxygen atoms in total. The molecule has 1 aliphatic rings. The Morgan fingerprint density at radius 1 is 1.30 bits per heavy atom. The Labute approximate surface area is 124 Å². The normalized spacial score (nSPS) is 24.9. The predicted octanol–water partition coefficient (Wildman–Crippen LogP) is 2.13. The molecule has 1 amide bonds. The van der Waals surface area contributed by atoms with Gasteiger partial charge in [0.25, 0.3) is 0 Å². The fourth-order valence-electron chi connectivity index (χ4n) is 3.25. The van der Waals surface area contributed by atoms with Gasteiger partial charge in [0.15, 0.2) is 0 Å². The Kier molecular flexibility index (Phi) is 7.52. The molecule has 1 fully saturated rings. The van der Waals surface area contributed by atoms with Gasteiger partial charge >= 0.3 is 0 Å². The molecule has 1 atom stereocenters. The van der Waals surface area contributed by atoms with Crippen molar-refractivity contribution >= 4 is 5.91 Å². The first-order valence-electron chi connectivity index (χ1n) is 8.19. The monoisotopic (exact) mass is 283 g/mol. The fraction of sp³-hybridized carbons (Fsp3) is 0.938. The summed E-state index contributed by atoms with van der Waals surface area (Å²) in [7, 11) is 2.14. The summed E-state index contributed by atoms with van der Waals surface area (Å²) in [5, 5.41) is 2.96. The van der Waals surface area contributed by atoms with E-state index in [0.29, 0.717) is 19.0 Å². The number of carbonyl (C=O) groups excluding carboxylic acids is 1. The molecular weight excluding hydrogens is 250 g/mol. The van der Waals surface area contributed by atoms with Gasteiger partial charge in [0.05, 0.1) is 0 Å². The van der Waals surface area contributed by atoms with Crippen molar-refractivity contribution in [2.75, 3.05) is 13.6 Å². The molecule has 1 saturated carbocycles. The minimum atomic E-state index is 0.115. The number of rotatable bonds is 7. The summed E-state index contributed by atoms with van der Waals surface area (Å²) in [5.41, 5.74) is 5.89. The minimum absolute atomic E-state index is 0.115. The average molecular weight is 283 g/mol. The van der Waals surface area contributed by atoms with Crippen molar-refractivity contribution in [3.8, 4) is 0 Å². The van der Waals surface area contributed by atoms with Gasteiger partial charge in [-0.15, -0.1) is 0 Å². The maximum atomic E-state index is 11.9. The second-order valence-electron chi connectivity index (χ2n) is 6.56. The third-order valence-corrected chi connectivity index (χ3v) is 4.69. The van der Waals surface area contributed by atoms with Crippen molar-refractivity contribution in [3.05, 3.63) is 0 Å². The van der Waals surface area contributed by atoms with Crippen LogP contribution in [0.15, 0.2) is 0 Å². The zero-order valence-corrected chi connectivity index (χ0v) is 13.7. The number of hydrogen-bond donors (Lipinski definition) is 2. The smallest absolute Gasteiger partial charge is 0.221 e. The Morgan fingerprint density at radius 3 is 2.35 bits per heavy atom. The summed E-state index contributed by atoms with van der Waals surface area (Å²) in [5.74, 6) is 1.02. The Hall–Kier alpha value is -0.610. The lowest BCUT2D eigenvalue weighted by Crippen LogP contribution is -2.48. The molecule has 4 heteroatoms. The van der Waals surface area contributed by atoms with Crippen LogP contribution >= 0.6 is 0 Å². The molecule has 0 aromatic carbocycles. The number of carbonyl (C=O) groups is 1. The van der Waals surface area contributed by atoms with E-state index in [2.05, 4.69) is 24.2 Å². The van der Waals surface area contributed by atoms with E-state index in [1.165, 1.54) is 32.1 Å². The van der Waals surface area contributed by atoms with Crippen LogP contribution in [0.25, 0.3) is 0 Å². The molecule has 1 unspecified atom stereocenters. The summed E-state index contributed by atoms with van der Waals surface area (Å²) in [4.78, 5) is 14.3. The average Bonchev–Trinajstić information content (AvgIpc) is 2.43. The van der Waals surface area contributed by atoms with E-state index in [1.807, 2.05) is 13.8 Å². The standard InChI is InChI=1S/C16H33N3O/c1-5-13-6-8-14(9-7-13)19(4)15(11-17)10-16(20)18-12(2)3/h12-15H,5-11,17H2,1-4H3,(H,18,20). The number of nitrogens with zero attached hydrogens (tertiary/aromatic N) is 1. The molecule has 0 aliphatic heterocycles. The molecular formula is C16H33N3O. The highest BCUT2D eigenvalue weighted by Gasteiger charge is 2.27. The molecule has 3 N–H and O–H groups in total. The number of nitrogens with one attached hydrogen (secondary N) is 1. The first-order valence-corrected chi connectivity index (χ1v) is 8.19. The molecule has 0 aromatic rings. The molecule has 0 heterocycles. The Balaban J connectivity index is 2.46. The van der Waals surface area contributed by atoms with Crippen LogP contribution in [-0.4, -0.2) is 42.5 Å². The molecule has 1 rings (SSSR count). The molecule has 0 bridgehead atoms. The zero-order chi connectivity index (χ0) is 15.1. The first kappa shape index (κ1) is 17.4. The Bertz CT molecular complexity index is 285. The van der Waals surface area contributed by atoms with Crippen LogP contribution in [0.3, 0.4) is 0 Å². The molecule has 118 valence electrons. The van der Waals surface area contributed by atoms with E-state index in [1.54, 1.807) is 0 Å². The summed E-state index contributed by atoms with van der Waals surface area (Å²) < 4.78 is 0. The number of likely N-dealkylation sites (N-methyl/N-ethyl adjacent to an activating group) is 1. The third kappa shape index (κ3) is 5.41. The number of hydrogen-bond acceptors (Lipinski definition) is 3. The summed E-state index contributed by atoms with van der Waals surface area (Å²) in [6.07, 6.45) is 6.95. The highest BCUT2D eigenvalue weighted by Crippen LogP contribution is 2.29. The van der Waals surface area contributed by atoms with Crippen molar-refractivity contribution in [3.63, 3.8) is 0 Å². The zero-order valence-electron chi connectivity index (χ0n) is 13.7. The van der Waals surface area contributed by atoms with E-state index in [9.17, 15) is 4.79 Å². The predicted molar refractivity (Wildman–Crippen MR) is 84.5 cm³/mol. The number of amides is 1. The van der Waals surface area contributed by atoms with Crippen molar-refractivity contribution in [1.29, 1.82) is 0 Å². The van der Waals surface area contributed by atoms with Gasteiger partial charge in [-0.05, 0) is 52.5 Å². The summed E-state index contributed by atoms with van der Waals surface area (Å²) in [6.45, 7) is 6.82. The first-order chi connectivity index (χ1) is 9.47. The lowest BCUT2D eigenvalue weighted by Gasteiger charge is -2.38. The van der Waals surface area contributed by atoms with Gasteiger partial charge < -0.3 is 11.1 Å². The molecule has 20 heavy (non-hydrogen) atoms. The van der Waals surface area contributed by atoms with Crippen LogP contribution in [0.1, 0.15) is 59.3 Å². The van der Waals surface area contributed by atoms with E-state index in [-0.39, 0.29) is 18.0 Å². The van der Waals surface area contributed by atoms with Crippen LogP contribution in [0.2, 0.25) is 0 Å².